The Morgan fingerprint density at radius 1 is 1.00 bits per heavy atom. The zero-order chi connectivity index (χ0) is 20.1. The summed E-state index contributed by atoms with van der Waals surface area (Å²) in [5, 5.41) is 2.76. The van der Waals surface area contributed by atoms with E-state index in [0.29, 0.717) is 17.8 Å². The van der Waals surface area contributed by atoms with Crippen LogP contribution in [0.15, 0.2) is 53.3 Å². The highest BCUT2D eigenvalue weighted by atomic mass is 16.5. The highest BCUT2D eigenvalue weighted by molar-refractivity contribution is 5.94. The van der Waals surface area contributed by atoms with Crippen LogP contribution in [0.4, 0.5) is 5.69 Å². The molecule has 0 aliphatic heterocycles. The Bertz CT molecular complexity index is 1060. The van der Waals surface area contributed by atoms with Crippen LogP contribution in [0.3, 0.4) is 0 Å². The van der Waals surface area contributed by atoms with Gasteiger partial charge in [-0.05, 0) is 36.8 Å². The SMILES string of the molecule is CCCn1c(=O)n(CCC(=O)Nc2cccc(C(=O)OC)c2)c2ccccc21. The third-order valence-electron chi connectivity index (χ3n) is 4.50. The van der Waals surface area contributed by atoms with Crippen molar-refractivity contribution in [1.29, 1.82) is 0 Å². The normalized spacial score (nSPS) is 10.8. The molecule has 1 N–H and O–H groups in total. The molecule has 0 radical (unpaired) electrons. The standard InChI is InChI=1S/C21H23N3O4/c1-3-12-23-17-9-4-5-10-18(17)24(21(23)27)13-11-19(25)22-16-8-6-7-15(14-16)20(26)28-2/h4-10,14H,3,11-13H2,1-2H3,(H,22,25). The second-order valence-electron chi connectivity index (χ2n) is 6.45. The molecule has 3 rings (SSSR count). The molecule has 3 aromatic rings. The number of esters is 1. The number of imidazole rings is 1. The smallest absolute Gasteiger partial charge is 0.337 e. The summed E-state index contributed by atoms with van der Waals surface area (Å²) in [4.78, 5) is 36.7. The number of aromatic nitrogens is 2. The van der Waals surface area contributed by atoms with E-state index in [1.165, 1.54) is 7.11 Å². The summed E-state index contributed by atoms with van der Waals surface area (Å²) in [6, 6.07) is 14.1. The molecule has 0 aliphatic carbocycles. The number of hydrogen-bond acceptors (Lipinski definition) is 4. The number of nitrogens with one attached hydrogen (secondary N) is 1. The number of rotatable bonds is 7. The van der Waals surface area contributed by atoms with Gasteiger partial charge in [0.15, 0.2) is 0 Å². The number of carbonyl (C=O) groups excluding carboxylic acids is 2. The maximum atomic E-state index is 12.7. The first-order valence-electron chi connectivity index (χ1n) is 9.21. The molecule has 0 aliphatic rings. The summed E-state index contributed by atoms with van der Waals surface area (Å²) in [6.07, 6.45) is 0.993. The number of amides is 1. The molecular formula is C21H23N3O4. The molecule has 1 amide bonds. The number of ether oxygens (including phenoxy) is 1. The molecule has 0 atom stereocenters. The second-order valence-corrected chi connectivity index (χ2v) is 6.45. The van der Waals surface area contributed by atoms with Crippen LogP contribution in [0.5, 0.6) is 0 Å². The van der Waals surface area contributed by atoms with Crippen molar-refractivity contribution in [3.8, 4) is 0 Å². The first kappa shape index (κ1) is 19.4. The van der Waals surface area contributed by atoms with Gasteiger partial charge in [0.2, 0.25) is 5.91 Å². The van der Waals surface area contributed by atoms with Gasteiger partial charge in [0, 0.05) is 25.2 Å². The predicted octanol–water partition coefficient (Wildman–Crippen LogP) is 3.03. The minimum absolute atomic E-state index is 0.108. The molecule has 0 saturated heterocycles. The van der Waals surface area contributed by atoms with Gasteiger partial charge in [0.05, 0.1) is 23.7 Å². The van der Waals surface area contributed by atoms with Crippen molar-refractivity contribution < 1.29 is 14.3 Å². The Morgan fingerprint density at radius 2 is 1.68 bits per heavy atom. The largest absolute Gasteiger partial charge is 0.465 e. The van der Waals surface area contributed by atoms with Crippen molar-refractivity contribution in [2.45, 2.75) is 32.9 Å². The van der Waals surface area contributed by atoms with E-state index < -0.39 is 5.97 Å². The highest BCUT2D eigenvalue weighted by Gasteiger charge is 2.14. The van der Waals surface area contributed by atoms with E-state index in [-0.39, 0.29) is 24.6 Å². The maximum absolute atomic E-state index is 12.7. The number of fused-ring (bicyclic) bond motifs is 1. The Labute approximate surface area is 162 Å². The summed E-state index contributed by atoms with van der Waals surface area (Å²) in [5.41, 5.74) is 2.46. The minimum Gasteiger partial charge on any atom is -0.465 e. The lowest BCUT2D eigenvalue weighted by Crippen LogP contribution is -2.26. The Kier molecular flexibility index (Phi) is 5.93. The third kappa shape index (κ3) is 3.98. The number of para-hydroxylation sites is 2. The topological polar surface area (TPSA) is 82.3 Å². The summed E-state index contributed by atoms with van der Waals surface area (Å²) in [5.74, 6) is -0.701. The van der Waals surface area contributed by atoms with Crippen LogP contribution in [-0.4, -0.2) is 28.1 Å². The molecule has 1 heterocycles. The molecule has 146 valence electrons. The highest BCUT2D eigenvalue weighted by Crippen LogP contribution is 2.15. The van der Waals surface area contributed by atoms with Crippen molar-refractivity contribution in [2.24, 2.45) is 0 Å². The lowest BCUT2D eigenvalue weighted by Gasteiger charge is -2.07. The first-order chi connectivity index (χ1) is 13.5. The Balaban J connectivity index is 1.74. The van der Waals surface area contributed by atoms with Crippen molar-refractivity contribution >= 4 is 28.6 Å². The van der Waals surface area contributed by atoms with Crippen LogP contribution in [0.1, 0.15) is 30.1 Å². The van der Waals surface area contributed by atoms with Crippen LogP contribution in [0, 0.1) is 0 Å². The van der Waals surface area contributed by atoms with Gasteiger partial charge in [-0.2, -0.15) is 0 Å². The molecule has 0 bridgehead atoms. The number of carbonyl (C=O) groups is 2. The van der Waals surface area contributed by atoms with E-state index in [4.69, 9.17) is 0 Å². The quantitative estimate of drug-likeness (QED) is 0.638. The molecule has 0 fully saturated rings. The second kappa shape index (κ2) is 8.56. The van der Waals surface area contributed by atoms with Gasteiger partial charge in [-0.25, -0.2) is 9.59 Å². The molecule has 0 unspecified atom stereocenters. The number of hydrogen-bond donors (Lipinski definition) is 1. The average molecular weight is 381 g/mol. The van der Waals surface area contributed by atoms with Crippen molar-refractivity contribution in [2.75, 3.05) is 12.4 Å². The van der Waals surface area contributed by atoms with E-state index in [0.717, 1.165) is 17.5 Å². The zero-order valence-corrected chi connectivity index (χ0v) is 16.0. The van der Waals surface area contributed by atoms with Crippen LogP contribution < -0.4 is 11.0 Å². The van der Waals surface area contributed by atoms with Gasteiger partial charge in [-0.15, -0.1) is 0 Å². The van der Waals surface area contributed by atoms with Gasteiger partial charge >= 0.3 is 11.7 Å². The number of methoxy groups -OCH3 is 1. The molecule has 7 nitrogen and oxygen atoms in total. The van der Waals surface area contributed by atoms with Crippen LogP contribution in [-0.2, 0) is 22.6 Å². The summed E-state index contributed by atoms with van der Waals surface area (Å²) in [6.45, 7) is 2.94. The lowest BCUT2D eigenvalue weighted by atomic mass is 10.2. The van der Waals surface area contributed by atoms with E-state index >= 15 is 0 Å². The first-order valence-corrected chi connectivity index (χ1v) is 9.21. The summed E-state index contributed by atoms with van der Waals surface area (Å²) >= 11 is 0. The fourth-order valence-electron chi connectivity index (χ4n) is 3.21. The Hall–Kier alpha value is -3.35. The number of aryl methyl sites for hydroxylation is 2. The monoisotopic (exact) mass is 381 g/mol. The van der Waals surface area contributed by atoms with Gasteiger partial charge in [-0.1, -0.05) is 25.1 Å². The summed E-state index contributed by atoms with van der Waals surface area (Å²) < 4.78 is 8.06. The fraction of sp³-hybridized carbons (Fsp3) is 0.286. The predicted molar refractivity (Wildman–Crippen MR) is 108 cm³/mol. The van der Waals surface area contributed by atoms with E-state index in [1.54, 1.807) is 33.4 Å². The maximum Gasteiger partial charge on any atom is 0.337 e. The molecule has 1 aromatic heterocycles. The van der Waals surface area contributed by atoms with E-state index in [1.807, 2.05) is 31.2 Å². The number of anilines is 1. The molecular weight excluding hydrogens is 358 g/mol. The average Bonchev–Trinajstić information content (AvgIpc) is 2.97. The number of benzene rings is 2. The van der Waals surface area contributed by atoms with Crippen LogP contribution in [0.25, 0.3) is 11.0 Å². The number of nitrogens with zero attached hydrogens (tertiary/aromatic N) is 2. The molecule has 2 aromatic carbocycles. The van der Waals surface area contributed by atoms with Crippen molar-refractivity contribution in [3.63, 3.8) is 0 Å². The van der Waals surface area contributed by atoms with E-state index in [2.05, 4.69) is 10.1 Å². The fourth-order valence-corrected chi connectivity index (χ4v) is 3.21. The lowest BCUT2D eigenvalue weighted by molar-refractivity contribution is -0.116. The minimum atomic E-state index is -0.466. The van der Waals surface area contributed by atoms with Gasteiger partial charge < -0.3 is 10.1 Å². The molecule has 7 heteroatoms. The third-order valence-corrected chi connectivity index (χ3v) is 4.50. The zero-order valence-electron chi connectivity index (χ0n) is 16.0. The van der Waals surface area contributed by atoms with Crippen molar-refractivity contribution in [3.05, 3.63) is 64.6 Å². The van der Waals surface area contributed by atoms with Crippen LogP contribution >= 0.6 is 0 Å². The molecule has 0 saturated carbocycles. The molecule has 0 spiro atoms. The molecule has 28 heavy (non-hydrogen) atoms. The van der Waals surface area contributed by atoms with Gasteiger partial charge in [-0.3, -0.25) is 13.9 Å². The van der Waals surface area contributed by atoms with Gasteiger partial charge in [0.25, 0.3) is 0 Å². The summed E-state index contributed by atoms with van der Waals surface area (Å²) in [7, 11) is 1.31. The van der Waals surface area contributed by atoms with Gasteiger partial charge in [0.1, 0.15) is 0 Å². The van der Waals surface area contributed by atoms with E-state index in [9.17, 15) is 14.4 Å². The van der Waals surface area contributed by atoms with Crippen LogP contribution in [0.2, 0.25) is 0 Å². The van der Waals surface area contributed by atoms with Crippen molar-refractivity contribution in [1.82, 2.24) is 9.13 Å². The Morgan fingerprint density at radius 3 is 2.32 bits per heavy atom.